The molecule has 8 nitrogen and oxygen atoms in total. The number of hydrogen-bond donors (Lipinski definition) is 0. The summed E-state index contributed by atoms with van der Waals surface area (Å²) in [6.45, 7) is 17.2. The average molecular weight is 645 g/mol. The van der Waals surface area contributed by atoms with Crippen LogP contribution in [0.4, 0.5) is 0 Å². The number of carbonyl (C=O) groups excluding carboxylic acids is 1. The molecule has 0 fully saturated rings. The summed E-state index contributed by atoms with van der Waals surface area (Å²) in [5.74, 6) is 0.976. The second-order valence-corrected chi connectivity index (χ2v) is 12.8. The summed E-state index contributed by atoms with van der Waals surface area (Å²) in [5, 5.41) is 0. The Morgan fingerprint density at radius 3 is 2.26 bits per heavy atom. The van der Waals surface area contributed by atoms with Crippen LogP contribution in [-0.4, -0.2) is 65.3 Å². The first-order chi connectivity index (χ1) is 22.0. The number of benzene rings is 1. The van der Waals surface area contributed by atoms with Crippen molar-refractivity contribution in [2.24, 2.45) is 23.7 Å². The highest BCUT2D eigenvalue weighted by molar-refractivity contribution is 5.87. The molecule has 46 heavy (non-hydrogen) atoms. The fraction of sp³-hybridized carbons (Fsp3) is 0.658. The maximum atomic E-state index is 13.4. The third kappa shape index (κ3) is 13.3. The lowest BCUT2D eigenvalue weighted by atomic mass is 9.87. The normalized spacial score (nSPS) is 30.5. The molecule has 0 saturated heterocycles. The standard InChI is InChI=1S/C38H60O8/c1-11-27(3)37-28(4)14-12-13-26(2)21-30(6)35(44-24-40-8)22-36(45-25-41-9)31(7)34(20-15-29(5)38(39)46-37)43-23-32-16-18-33(42-10)19-17-32/h11,15-19,21,26-28,31,34-37H,1,12-14,20,22-25H2,2-10H3/b29-15+,30-21+/t26-,27+,28-,31+,34+,35-,36?,37+/m0/s1. The second kappa shape index (κ2) is 21.4. The van der Waals surface area contributed by atoms with Gasteiger partial charge in [0.05, 0.1) is 32.0 Å². The van der Waals surface area contributed by atoms with Gasteiger partial charge >= 0.3 is 5.97 Å². The lowest BCUT2D eigenvalue weighted by Gasteiger charge is -2.33. The summed E-state index contributed by atoms with van der Waals surface area (Å²) >= 11 is 0. The van der Waals surface area contributed by atoms with Crippen molar-refractivity contribution in [3.63, 3.8) is 0 Å². The summed E-state index contributed by atoms with van der Waals surface area (Å²) in [7, 11) is 4.90. The first-order valence-corrected chi connectivity index (χ1v) is 16.7. The first kappa shape index (κ1) is 39.7. The molecular formula is C38H60O8. The van der Waals surface area contributed by atoms with Crippen molar-refractivity contribution in [1.82, 2.24) is 0 Å². The number of allylic oxidation sites excluding steroid dienone is 1. The molecule has 2 rings (SSSR count). The van der Waals surface area contributed by atoms with Gasteiger partial charge in [-0.1, -0.05) is 64.5 Å². The zero-order chi connectivity index (χ0) is 34.1. The Morgan fingerprint density at radius 2 is 1.63 bits per heavy atom. The minimum atomic E-state index is -0.305. The molecule has 0 spiro atoms. The van der Waals surface area contributed by atoms with Gasteiger partial charge in [0.1, 0.15) is 25.4 Å². The molecule has 0 saturated carbocycles. The molecule has 0 N–H and O–H groups in total. The number of hydrogen-bond acceptors (Lipinski definition) is 8. The van der Waals surface area contributed by atoms with Crippen LogP contribution in [0.1, 0.15) is 79.2 Å². The summed E-state index contributed by atoms with van der Waals surface area (Å²) in [5.41, 5.74) is 2.73. The SMILES string of the molecule is C=C[C@@H](C)[C@H]1OC(=O)/C(C)=C/C[C@@H](OCc2ccc(OC)cc2)[C@@H](C)C(OCOC)C[C@H](OCOC)/C(C)=C/[C@@H](C)CCC[C@@H]1C. The molecule has 260 valence electrons. The van der Waals surface area contributed by atoms with Gasteiger partial charge < -0.3 is 33.2 Å². The van der Waals surface area contributed by atoms with E-state index in [1.165, 1.54) is 0 Å². The Balaban J connectivity index is 2.51. The van der Waals surface area contributed by atoms with Crippen molar-refractivity contribution >= 4 is 5.97 Å². The van der Waals surface area contributed by atoms with Crippen molar-refractivity contribution < 1.29 is 38.0 Å². The van der Waals surface area contributed by atoms with E-state index in [1.54, 1.807) is 21.3 Å². The number of carbonyl (C=O) groups is 1. The number of methoxy groups -OCH3 is 3. The van der Waals surface area contributed by atoms with Gasteiger partial charge in [0.25, 0.3) is 0 Å². The Labute approximate surface area is 278 Å². The molecule has 0 bridgehead atoms. The van der Waals surface area contributed by atoms with Crippen LogP contribution in [0.25, 0.3) is 0 Å². The van der Waals surface area contributed by atoms with Crippen LogP contribution in [-0.2, 0) is 39.8 Å². The van der Waals surface area contributed by atoms with Crippen LogP contribution in [0.15, 0.2) is 60.2 Å². The van der Waals surface area contributed by atoms with Crippen LogP contribution >= 0.6 is 0 Å². The monoisotopic (exact) mass is 644 g/mol. The van der Waals surface area contributed by atoms with E-state index in [0.29, 0.717) is 30.9 Å². The predicted octanol–water partition coefficient (Wildman–Crippen LogP) is 8.06. The summed E-state index contributed by atoms with van der Waals surface area (Å²) in [4.78, 5) is 13.4. The number of rotatable bonds is 12. The van der Waals surface area contributed by atoms with Gasteiger partial charge in [-0.05, 0) is 68.2 Å². The van der Waals surface area contributed by atoms with Crippen molar-refractivity contribution in [3.05, 3.63) is 65.8 Å². The first-order valence-electron chi connectivity index (χ1n) is 16.7. The van der Waals surface area contributed by atoms with E-state index in [-0.39, 0.29) is 61.7 Å². The van der Waals surface area contributed by atoms with Gasteiger partial charge in [-0.3, -0.25) is 0 Å². The highest BCUT2D eigenvalue weighted by Crippen LogP contribution is 2.30. The number of ether oxygens (including phenoxy) is 7. The second-order valence-electron chi connectivity index (χ2n) is 12.8. The van der Waals surface area contributed by atoms with E-state index in [2.05, 4.69) is 47.3 Å². The molecule has 1 aliphatic heterocycles. The highest BCUT2D eigenvalue weighted by Gasteiger charge is 2.32. The fourth-order valence-corrected chi connectivity index (χ4v) is 5.97. The van der Waals surface area contributed by atoms with Crippen molar-refractivity contribution in [2.45, 2.75) is 105 Å². The number of esters is 1. The van der Waals surface area contributed by atoms with Crippen molar-refractivity contribution in [2.75, 3.05) is 34.9 Å². The molecule has 1 aromatic carbocycles. The van der Waals surface area contributed by atoms with Crippen LogP contribution in [0.5, 0.6) is 5.75 Å². The Kier molecular flexibility index (Phi) is 18.5. The summed E-state index contributed by atoms with van der Waals surface area (Å²) < 4.78 is 41.3. The Bertz CT molecular complexity index is 1080. The zero-order valence-corrected chi connectivity index (χ0v) is 29.8. The largest absolute Gasteiger partial charge is 0.497 e. The number of cyclic esters (lactones) is 1. The van der Waals surface area contributed by atoms with Gasteiger partial charge in [-0.2, -0.15) is 0 Å². The minimum Gasteiger partial charge on any atom is -0.497 e. The smallest absolute Gasteiger partial charge is 0.333 e. The average Bonchev–Trinajstić information content (AvgIpc) is 3.05. The molecule has 8 atom stereocenters. The van der Waals surface area contributed by atoms with Gasteiger partial charge in [0, 0.05) is 38.0 Å². The van der Waals surface area contributed by atoms with Crippen LogP contribution in [0, 0.1) is 23.7 Å². The molecule has 0 amide bonds. The lowest BCUT2D eigenvalue weighted by Crippen LogP contribution is -2.37. The fourth-order valence-electron chi connectivity index (χ4n) is 5.97. The van der Waals surface area contributed by atoms with Crippen molar-refractivity contribution in [3.8, 4) is 5.75 Å². The molecule has 0 aromatic heterocycles. The minimum absolute atomic E-state index is 0.0369. The van der Waals surface area contributed by atoms with E-state index in [1.807, 2.05) is 43.3 Å². The van der Waals surface area contributed by atoms with Gasteiger partial charge in [-0.15, -0.1) is 6.58 Å². The van der Waals surface area contributed by atoms with E-state index in [9.17, 15) is 4.79 Å². The van der Waals surface area contributed by atoms with E-state index < -0.39 is 0 Å². The Hall–Kier alpha value is -2.49. The third-order valence-corrected chi connectivity index (χ3v) is 9.08. The highest BCUT2D eigenvalue weighted by atomic mass is 16.7. The maximum absolute atomic E-state index is 13.4. The summed E-state index contributed by atoms with van der Waals surface area (Å²) in [6.07, 6.45) is 9.18. The topological polar surface area (TPSA) is 81.7 Å². The molecule has 1 unspecified atom stereocenters. The van der Waals surface area contributed by atoms with Crippen LogP contribution in [0.3, 0.4) is 0 Å². The molecule has 1 aliphatic rings. The quantitative estimate of drug-likeness (QED) is 0.128. The lowest BCUT2D eigenvalue weighted by molar-refractivity contribution is -0.149. The van der Waals surface area contributed by atoms with Gasteiger partial charge in [-0.25, -0.2) is 4.79 Å². The molecule has 0 radical (unpaired) electrons. The van der Waals surface area contributed by atoms with E-state index in [0.717, 1.165) is 36.1 Å². The maximum Gasteiger partial charge on any atom is 0.333 e. The van der Waals surface area contributed by atoms with Gasteiger partial charge in [0.2, 0.25) is 0 Å². The van der Waals surface area contributed by atoms with E-state index >= 15 is 0 Å². The predicted molar refractivity (Wildman–Crippen MR) is 182 cm³/mol. The van der Waals surface area contributed by atoms with Crippen LogP contribution in [0.2, 0.25) is 0 Å². The molecule has 1 heterocycles. The summed E-state index contributed by atoms with van der Waals surface area (Å²) in [6, 6.07) is 7.83. The van der Waals surface area contributed by atoms with Crippen molar-refractivity contribution in [1.29, 1.82) is 0 Å². The molecule has 8 heteroatoms. The van der Waals surface area contributed by atoms with E-state index in [4.69, 9.17) is 33.2 Å². The van der Waals surface area contributed by atoms with Gasteiger partial charge in [0.15, 0.2) is 0 Å². The molecule has 1 aromatic rings. The molecular weight excluding hydrogens is 584 g/mol. The third-order valence-electron chi connectivity index (χ3n) is 9.08. The van der Waals surface area contributed by atoms with Crippen LogP contribution < -0.4 is 4.74 Å². The Morgan fingerprint density at radius 1 is 0.957 bits per heavy atom. The molecule has 0 aliphatic carbocycles. The zero-order valence-electron chi connectivity index (χ0n) is 29.8.